The van der Waals surface area contributed by atoms with Crippen molar-refractivity contribution in [1.29, 1.82) is 0 Å². The molecule has 0 aromatic carbocycles. The molecule has 9 heteroatoms. The van der Waals surface area contributed by atoms with Crippen molar-refractivity contribution in [2.24, 2.45) is 0 Å². The monoisotopic (exact) mass is 469 g/mol. The number of aryl methyl sites for hydroxylation is 1. The van der Waals surface area contributed by atoms with Crippen molar-refractivity contribution in [3.05, 3.63) is 83.6 Å². The van der Waals surface area contributed by atoms with Gasteiger partial charge in [-0.1, -0.05) is 12.0 Å². The molecule has 0 aliphatic heterocycles. The molecule has 0 aliphatic rings. The Bertz CT molecular complexity index is 1500. The Balaban J connectivity index is 1.79. The highest BCUT2D eigenvalue weighted by Crippen LogP contribution is 2.28. The number of fused-ring (bicyclic) bond motifs is 1. The van der Waals surface area contributed by atoms with Gasteiger partial charge >= 0.3 is 0 Å². The third kappa shape index (κ3) is 4.96. The van der Waals surface area contributed by atoms with E-state index in [1.807, 2.05) is 43.3 Å². The average molecular weight is 470 g/mol. The Kier molecular flexibility index (Phi) is 6.73. The fourth-order valence-electron chi connectivity index (χ4n) is 3.57. The first-order valence-electron chi connectivity index (χ1n) is 10.9. The molecular formula is C26H24FN7O. The summed E-state index contributed by atoms with van der Waals surface area (Å²) in [6.45, 7) is 3.47. The van der Waals surface area contributed by atoms with E-state index in [1.165, 1.54) is 19.2 Å². The van der Waals surface area contributed by atoms with Crippen molar-refractivity contribution in [3.8, 4) is 29.4 Å². The predicted molar refractivity (Wildman–Crippen MR) is 134 cm³/mol. The van der Waals surface area contributed by atoms with Crippen LogP contribution in [0.25, 0.3) is 22.6 Å². The van der Waals surface area contributed by atoms with Crippen LogP contribution in [0.3, 0.4) is 0 Å². The zero-order valence-electron chi connectivity index (χ0n) is 19.6. The summed E-state index contributed by atoms with van der Waals surface area (Å²) < 4.78 is 17.3. The summed E-state index contributed by atoms with van der Waals surface area (Å²) in [6.07, 6.45) is 11.6. The number of carbonyl (C=O) groups excluding carboxylic acids is 1. The second-order valence-corrected chi connectivity index (χ2v) is 7.76. The predicted octanol–water partition coefficient (Wildman–Crippen LogP) is 4.09. The highest BCUT2D eigenvalue weighted by Gasteiger charge is 2.17. The van der Waals surface area contributed by atoms with Crippen molar-refractivity contribution < 1.29 is 9.18 Å². The number of terminal acetylenes is 1. The summed E-state index contributed by atoms with van der Waals surface area (Å²) in [6, 6.07) is 11.3. The zero-order valence-corrected chi connectivity index (χ0v) is 19.6. The van der Waals surface area contributed by atoms with Crippen molar-refractivity contribution in [1.82, 2.24) is 29.7 Å². The molecule has 0 saturated carbocycles. The van der Waals surface area contributed by atoms with E-state index in [1.54, 1.807) is 28.5 Å². The summed E-state index contributed by atoms with van der Waals surface area (Å²) in [4.78, 5) is 16.9. The number of halogens is 1. The Morgan fingerprint density at radius 3 is 2.83 bits per heavy atom. The minimum absolute atomic E-state index is 0.195. The lowest BCUT2D eigenvalue weighted by Gasteiger charge is -2.08. The summed E-state index contributed by atoms with van der Waals surface area (Å²) in [5, 5.41) is 14.7. The lowest BCUT2D eigenvalue weighted by Crippen LogP contribution is -2.17. The number of rotatable bonds is 7. The van der Waals surface area contributed by atoms with Crippen molar-refractivity contribution in [3.63, 3.8) is 0 Å². The number of nitrogens with one attached hydrogen (secondary N) is 2. The first kappa shape index (κ1) is 23.4. The van der Waals surface area contributed by atoms with Gasteiger partial charge in [0.1, 0.15) is 11.6 Å². The highest BCUT2D eigenvalue weighted by molar-refractivity contribution is 6.01. The van der Waals surface area contributed by atoms with Gasteiger partial charge in [-0.3, -0.25) is 4.79 Å². The largest absolute Gasteiger partial charge is 0.364 e. The van der Waals surface area contributed by atoms with Gasteiger partial charge in [-0.25, -0.2) is 18.6 Å². The van der Waals surface area contributed by atoms with Crippen LogP contribution >= 0.6 is 0 Å². The van der Waals surface area contributed by atoms with E-state index in [4.69, 9.17) is 6.42 Å². The van der Waals surface area contributed by atoms with Gasteiger partial charge in [0.25, 0.3) is 5.91 Å². The molecule has 4 rings (SSSR count). The highest BCUT2D eigenvalue weighted by atomic mass is 19.1. The lowest BCUT2D eigenvalue weighted by molar-refractivity contribution is 0.0964. The van der Waals surface area contributed by atoms with Crippen LogP contribution in [0.15, 0.2) is 72.3 Å². The molecule has 4 heterocycles. The number of hydrogen-bond donors (Lipinski definition) is 2. The molecule has 176 valence electrons. The molecule has 0 saturated heterocycles. The third-order valence-electron chi connectivity index (χ3n) is 5.37. The minimum Gasteiger partial charge on any atom is -0.364 e. The fourth-order valence-corrected chi connectivity index (χ4v) is 3.57. The van der Waals surface area contributed by atoms with Crippen LogP contribution in [0.1, 0.15) is 23.0 Å². The van der Waals surface area contributed by atoms with Crippen molar-refractivity contribution in [2.45, 2.75) is 13.8 Å². The number of carbonyl (C=O) groups is 1. The molecule has 4 aromatic heterocycles. The Hall–Kier alpha value is -4.71. The molecule has 4 aromatic rings. The fraction of sp³-hybridized carbons (Fsp3) is 0.154. The van der Waals surface area contributed by atoms with Crippen molar-refractivity contribution >= 4 is 17.2 Å². The van der Waals surface area contributed by atoms with Crippen LogP contribution in [0.5, 0.6) is 0 Å². The molecular weight excluding hydrogens is 445 g/mol. The first-order chi connectivity index (χ1) is 16.9. The Morgan fingerprint density at radius 2 is 2.11 bits per heavy atom. The van der Waals surface area contributed by atoms with E-state index in [2.05, 4.69) is 31.7 Å². The molecule has 0 unspecified atom stereocenters. The van der Waals surface area contributed by atoms with Gasteiger partial charge < -0.3 is 10.6 Å². The number of nitrogens with zero attached hydrogens (tertiary/aromatic N) is 5. The van der Waals surface area contributed by atoms with E-state index in [0.717, 1.165) is 17.0 Å². The van der Waals surface area contributed by atoms with Crippen LogP contribution in [-0.4, -0.2) is 43.9 Å². The zero-order chi connectivity index (χ0) is 24.9. The molecule has 0 fully saturated rings. The van der Waals surface area contributed by atoms with E-state index >= 15 is 0 Å². The van der Waals surface area contributed by atoms with Crippen LogP contribution in [0, 0.1) is 19.3 Å². The molecule has 0 radical (unpaired) electrons. The SMILES string of the molecule is C#C/C=C\C(CNc1cc(-c2ccn3ncc(C(=O)NC)c3c2)n(-c2cccc(C)n2)n1)=C(/C)F. The minimum atomic E-state index is -0.336. The number of pyridine rings is 2. The number of allylic oxidation sites excluding steroid dienone is 2. The second-order valence-electron chi connectivity index (χ2n) is 7.76. The lowest BCUT2D eigenvalue weighted by atomic mass is 10.1. The smallest absolute Gasteiger partial charge is 0.254 e. The average Bonchev–Trinajstić information content (AvgIpc) is 3.47. The number of aromatic nitrogens is 5. The maximum atomic E-state index is 13.9. The summed E-state index contributed by atoms with van der Waals surface area (Å²) in [7, 11) is 1.58. The van der Waals surface area contributed by atoms with E-state index in [0.29, 0.717) is 28.3 Å². The summed E-state index contributed by atoms with van der Waals surface area (Å²) in [5.41, 5.74) is 3.91. The first-order valence-corrected chi connectivity index (χ1v) is 10.9. The van der Waals surface area contributed by atoms with Crippen molar-refractivity contribution in [2.75, 3.05) is 18.9 Å². The van der Waals surface area contributed by atoms with Gasteiger partial charge in [0.05, 0.1) is 23.0 Å². The third-order valence-corrected chi connectivity index (χ3v) is 5.37. The van der Waals surface area contributed by atoms with Crippen LogP contribution in [0.4, 0.5) is 10.2 Å². The second kappa shape index (κ2) is 10.1. The molecule has 0 atom stereocenters. The van der Waals surface area contributed by atoms with Gasteiger partial charge in [0.2, 0.25) is 0 Å². The van der Waals surface area contributed by atoms with Gasteiger partial charge in [0, 0.05) is 42.7 Å². The normalized spacial score (nSPS) is 12.0. The van der Waals surface area contributed by atoms with E-state index in [9.17, 15) is 9.18 Å². The quantitative estimate of drug-likeness (QED) is 0.314. The van der Waals surface area contributed by atoms with Gasteiger partial charge in [-0.15, -0.1) is 11.5 Å². The van der Waals surface area contributed by atoms with Crippen LogP contribution < -0.4 is 10.6 Å². The van der Waals surface area contributed by atoms with Gasteiger partial charge in [0.15, 0.2) is 5.82 Å². The summed E-state index contributed by atoms with van der Waals surface area (Å²) in [5.74, 6) is 2.95. The topological polar surface area (TPSA) is 89.1 Å². The molecule has 0 aliphatic carbocycles. The number of anilines is 1. The van der Waals surface area contributed by atoms with E-state index < -0.39 is 0 Å². The number of hydrogen-bond acceptors (Lipinski definition) is 5. The van der Waals surface area contributed by atoms with Crippen LogP contribution in [0.2, 0.25) is 0 Å². The molecule has 35 heavy (non-hydrogen) atoms. The van der Waals surface area contributed by atoms with E-state index in [-0.39, 0.29) is 18.3 Å². The summed E-state index contributed by atoms with van der Waals surface area (Å²) >= 11 is 0. The van der Waals surface area contributed by atoms with Gasteiger partial charge in [-0.05, 0) is 50.3 Å². The maximum absolute atomic E-state index is 13.9. The standard InChI is InChI=1S/C26H24FN7O/c1-5-6-9-20(18(3)27)15-29-24-14-22(34(32-24)25-10-7-8-17(2)31-25)19-11-12-33-23(13-19)21(16-30-33)26(35)28-4/h1,6-14,16H,15H2,2-4H3,(H,28,35)(H,29,32)/b9-6-,20-18-. The maximum Gasteiger partial charge on any atom is 0.254 e. The molecule has 1 amide bonds. The molecule has 0 spiro atoms. The van der Waals surface area contributed by atoms with Crippen LogP contribution in [-0.2, 0) is 0 Å². The Morgan fingerprint density at radius 1 is 1.29 bits per heavy atom. The molecule has 8 nitrogen and oxygen atoms in total. The Labute approximate surface area is 202 Å². The van der Waals surface area contributed by atoms with Gasteiger partial charge in [-0.2, -0.15) is 5.10 Å². The molecule has 2 N–H and O–H groups in total. The molecule has 0 bridgehead atoms. The number of amides is 1.